The van der Waals surface area contributed by atoms with Gasteiger partial charge in [0.15, 0.2) is 0 Å². The summed E-state index contributed by atoms with van der Waals surface area (Å²) in [6.45, 7) is 8.71. The van der Waals surface area contributed by atoms with Crippen molar-refractivity contribution in [3.63, 3.8) is 0 Å². The third-order valence-corrected chi connectivity index (χ3v) is 6.72. The van der Waals surface area contributed by atoms with E-state index in [1.165, 1.54) is 64.3 Å². The van der Waals surface area contributed by atoms with Gasteiger partial charge < -0.3 is 5.32 Å². The number of rotatable bonds is 5. The van der Waals surface area contributed by atoms with Gasteiger partial charge in [-0.15, -0.1) is 0 Å². The Morgan fingerprint density at radius 1 is 0.857 bits per heavy atom. The maximum Gasteiger partial charge on any atom is 0.00683 e. The van der Waals surface area contributed by atoms with Gasteiger partial charge in [0, 0.05) is 6.04 Å². The first kappa shape index (κ1) is 15.8. The zero-order valence-electron chi connectivity index (χ0n) is 14.7. The fraction of sp³-hybridized carbons (Fsp3) is 1.00. The van der Waals surface area contributed by atoms with Gasteiger partial charge in [0.1, 0.15) is 0 Å². The largest absolute Gasteiger partial charge is 0.314 e. The summed E-state index contributed by atoms with van der Waals surface area (Å²) in [5.74, 6) is 4.01. The minimum atomic E-state index is 0.517. The molecule has 0 heterocycles. The van der Waals surface area contributed by atoms with Crippen LogP contribution in [0, 0.1) is 29.1 Å². The molecule has 3 atom stereocenters. The third kappa shape index (κ3) is 4.47. The molecule has 122 valence electrons. The Kier molecular flexibility index (Phi) is 4.98. The normalized spacial score (nSPS) is 35.3. The van der Waals surface area contributed by atoms with E-state index in [4.69, 9.17) is 0 Å². The number of hydrogen-bond donors (Lipinski definition) is 1. The molecule has 1 nitrogen and oxygen atoms in total. The molecule has 0 saturated heterocycles. The van der Waals surface area contributed by atoms with Gasteiger partial charge >= 0.3 is 0 Å². The van der Waals surface area contributed by atoms with Crippen LogP contribution in [0.25, 0.3) is 0 Å². The van der Waals surface area contributed by atoms with Crippen molar-refractivity contribution >= 4 is 0 Å². The van der Waals surface area contributed by atoms with Crippen LogP contribution < -0.4 is 5.32 Å². The van der Waals surface area contributed by atoms with Crippen LogP contribution in [-0.4, -0.2) is 12.6 Å². The van der Waals surface area contributed by atoms with Crippen LogP contribution >= 0.6 is 0 Å². The monoisotopic (exact) mass is 291 g/mol. The Bertz CT molecular complexity index is 319. The maximum atomic E-state index is 3.83. The van der Waals surface area contributed by atoms with E-state index in [-0.39, 0.29) is 0 Å². The van der Waals surface area contributed by atoms with Crippen LogP contribution in [0.1, 0.15) is 85.0 Å². The summed E-state index contributed by atoms with van der Waals surface area (Å²) in [5, 5.41) is 3.83. The highest BCUT2D eigenvalue weighted by molar-refractivity contribution is 4.90. The van der Waals surface area contributed by atoms with Gasteiger partial charge in [0.25, 0.3) is 0 Å². The quantitative estimate of drug-likeness (QED) is 0.715. The molecule has 21 heavy (non-hydrogen) atoms. The summed E-state index contributed by atoms with van der Waals surface area (Å²) in [7, 11) is 0. The van der Waals surface area contributed by atoms with Crippen molar-refractivity contribution < 1.29 is 0 Å². The standard InChI is InChI=1S/C20H37N/c1-20(2,3)18-9-8-16(14-21-19-10-11-19)17(13-18)12-15-6-4-5-7-15/h15-19,21H,4-14H2,1-3H3. The summed E-state index contributed by atoms with van der Waals surface area (Å²) in [6, 6.07) is 0.887. The average Bonchev–Trinajstić information content (AvgIpc) is 3.12. The Labute approximate surface area is 132 Å². The molecule has 0 aromatic carbocycles. The molecular formula is C20H37N. The SMILES string of the molecule is CC(C)(C)C1CCC(CNC2CC2)C(CC2CCCC2)C1. The summed E-state index contributed by atoms with van der Waals surface area (Å²) >= 11 is 0. The van der Waals surface area contributed by atoms with Crippen molar-refractivity contribution in [1.29, 1.82) is 0 Å². The highest BCUT2D eigenvalue weighted by Crippen LogP contribution is 2.46. The molecule has 0 aromatic heterocycles. The van der Waals surface area contributed by atoms with E-state index in [2.05, 4.69) is 26.1 Å². The first-order chi connectivity index (χ1) is 10.0. The van der Waals surface area contributed by atoms with Gasteiger partial charge in [0.05, 0.1) is 0 Å². The second-order valence-electron chi connectivity index (χ2n) is 9.46. The van der Waals surface area contributed by atoms with Gasteiger partial charge in [-0.1, -0.05) is 46.5 Å². The molecule has 0 aromatic rings. The molecule has 3 saturated carbocycles. The second kappa shape index (κ2) is 6.60. The molecule has 0 spiro atoms. The molecule has 3 aliphatic rings. The Morgan fingerprint density at radius 3 is 2.19 bits per heavy atom. The lowest BCUT2D eigenvalue weighted by Crippen LogP contribution is -2.37. The van der Waals surface area contributed by atoms with Crippen molar-refractivity contribution in [3.8, 4) is 0 Å². The number of hydrogen-bond acceptors (Lipinski definition) is 1. The van der Waals surface area contributed by atoms with Crippen LogP contribution in [0.4, 0.5) is 0 Å². The lowest BCUT2D eigenvalue weighted by molar-refractivity contribution is 0.0830. The molecular weight excluding hydrogens is 254 g/mol. The van der Waals surface area contributed by atoms with E-state index in [9.17, 15) is 0 Å². The molecule has 0 aliphatic heterocycles. The first-order valence-corrected chi connectivity index (χ1v) is 9.75. The molecule has 1 N–H and O–H groups in total. The number of nitrogens with one attached hydrogen (secondary N) is 1. The van der Waals surface area contributed by atoms with Crippen LogP contribution in [0.5, 0.6) is 0 Å². The minimum absolute atomic E-state index is 0.517. The predicted molar refractivity (Wildman–Crippen MR) is 91.4 cm³/mol. The van der Waals surface area contributed by atoms with E-state index in [0.29, 0.717) is 5.41 Å². The molecule has 0 bridgehead atoms. The van der Waals surface area contributed by atoms with Crippen LogP contribution in [0.2, 0.25) is 0 Å². The molecule has 3 rings (SSSR count). The lowest BCUT2D eigenvalue weighted by atomic mass is 9.64. The topological polar surface area (TPSA) is 12.0 Å². The fourth-order valence-electron chi connectivity index (χ4n) is 4.95. The van der Waals surface area contributed by atoms with Crippen molar-refractivity contribution in [2.24, 2.45) is 29.1 Å². The Hall–Kier alpha value is -0.0400. The van der Waals surface area contributed by atoms with E-state index >= 15 is 0 Å². The first-order valence-electron chi connectivity index (χ1n) is 9.75. The third-order valence-electron chi connectivity index (χ3n) is 6.72. The Morgan fingerprint density at radius 2 is 1.57 bits per heavy atom. The van der Waals surface area contributed by atoms with Crippen molar-refractivity contribution in [1.82, 2.24) is 5.32 Å². The Balaban J connectivity index is 1.57. The van der Waals surface area contributed by atoms with Gasteiger partial charge in [-0.25, -0.2) is 0 Å². The van der Waals surface area contributed by atoms with Gasteiger partial charge in [0.2, 0.25) is 0 Å². The van der Waals surface area contributed by atoms with Crippen LogP contribution in [0.3, 0.4) is 0 Å². The molecule has 3 unspecified atom stereocenters. The molecule has 3 aliphatic carbocycles. The van der Waals surface area contributed by atoms with Gasteiger partial charge in [-0.2, -0.15) is 0 Å². The zero-order valence-corrected chi connectivity index (χ0v) is 14.7. The smallest absolute Gasteiger partial charge is 0.00683 e. The lowest BCUT2D eigenvalue weighted by Gasteiger charge is -2.43. The maximum absolute atomic E-state index is 3.83. The van der Waals surface area contributed by atoms with E-state index in [1.807, 2.05) is 0 Å². The van der Waals surface area contributed by atoms with E-state index < -0.39 is 0 Å². The molecule has 1 heteroatoms. The summed E-state index contributed by atoms with van der Waals surface area (Å²) < 4.78 is 0. The summed E-state index contributed by atoms with van der Waals surface area (Å²) in [4.78, 5) is 0. The minimum Gasteiger partial charge on any atom is -0.314 e. The summed E-state index contributed by atoms with van der Waals surface area (Å²) in [5.41, 5.74) is 0.517. The average molecular weight is 292 g/mol. The molecule has 0 amide bonds. The highest BCUT2D eigenvalue weighted by Gasteiger charge is 2.37. The highest BCUT2D eigenvalue weighted by atomic mass is 14.9. The second-order valence-corrected chi connectivity index (χ2v) is 9.46. The van der Waals surface area contributed by atoms with Crippen molar-refractivity contribution in [2.75, 3.05) is 6.54 Å². The fourth-order valence-corrected chi connectivity index (χ4v) is 4.95. The van der Waals surface area contributed by atoms with Crippen molar-refractivity contribution in [2.45, 2.75) is 91.0 Å². The summed E-state index contributed by atoms with van der Waals surface area (Å²) in [6.07, 6.45) is 15.0. The molecule has 0 radical (unpaired) electrons. The van der Waals surface area contributed by atoms with Gasteiger partial charge in [-0.05, 0) is 74.2 Å². The molecule has 3 fully saturated rings. The zero-order chi connectivity index (χ0) is 14.9. The predicted octanol–water partition coefficient (Wildman–Crippen LogP) is 5.40. The van der Waals surface area contributed by atoms with Crippen LogP contribution in [0.15, 0.2) is 0 Å². The van der Waals surface area contributed by atoms with Crippen molar-refractivity contribution in [3.05, 3.63) is 0 Å². The van der Waals surface area contributed by atoms with Gasteiger partial charge in [-0.3, -0.25) is 0 Å². The van der Waals surface area contributed by atoms with Crippen LogP contribution in [-0.2, 0) is 0 Å². The van der Waals surface area contributed by atoms with E-state index in [0.717, 1.165) is 29.7 Å². The van der Waals surface area contributed by atoms with E-state index in [1.54, 1.807) is 6.42 Å².